The second-order valence-corrected chi connectivity index (χ2v) is 8.58. The molecule has 9 nitrogen and oxygen atoms in total. The number of carbonyl (C=O) groups excluding carboxylic acids is 1. The molecule has 3 rings (SSSR count). The van der Waals surface area contributed by atoms with Gasteiger partial charge >= 0.3 is 0 Å². The summed E-state index contributed by atoms with van der Waals surface area (Å²) in [7, 11) is -0.848. The molecular formula is C17H25N3O6S. The van der Waals surface area contributed by atoms with Crippen molar-refractivity contribution >= 4 is 21.6 Å². The second-order valence-electron chi connectivity index (χ2n) is 6.84. The average molecular weight is 399 g/mol. The summed E-state index contributed by atoms with van der Waals surface area (Å²) in [5, 5.41) is 5.92. The SMILES string of the molecule is COCC1(CNS(=O)(=O)c2cc3c(cc2OC)NC(=O)CO3)CCNCC1. The predicted octanol–water partition coefficient (Wildman–Crippen LogP) is 0.321. The molecule has 1 amide bonds. The van der Waals surface area contributed by atoms with E-state index in [1.165, 1.54) is 19.2 Å². The fraction of sp³-hybridized carbons (Fsp3) is 0.588. The molecule has 0 saturated carbocycles. The third-order valence-electron chi connectivity index (χ3n) is 4.94. The highest BCUT2D eigenvalue weighted by molar-refractivity contribution is 7.89. The van der Waals surface area contributed by atoms with Gasteiger partial charge in [0, 0.05) is 31.2 Å². The highest BCUT2D eigenvalue weighted by atomic mass is 32.2. The molecule has 1 fully saturated rings. The quantitative estimate of drug-likeness (QED) is 0.605. The zero-order valence-electron chi connectivity index (χ0n) is 15.5. The monoisotopic (exact) mass is 399 g/mol. The third-order valence-corrected chi connectivity index (χ3v) is 6.36. The summed E-state index contributed by atoms with van der Waals surface area (Å²) in [6, 6.07) is 2.83. The molecule has 27 heavy (non-hydrogen) atoms. The highest BCUT2D eigenvalue weighted by Crippen LogP contribution is 2.37. The Morgan fingerprint density at radius 3 is 2.67 bits per heavy atom. The van der Waals surface area contributed by atoms with Crippen LogP contribution >= 0.6 is 0 Å². The van der Waals surface area contributed by atoms with Gasteiger partial charge < -0.3 is 24.8 Å². The molecule has 0 bridgehead atoms. The number of hydrogen-bond acceptors (Lipinski definition) is 7. The van der Waals surface area contributed by atoms with Crippen LogP contribution in [-0.4, -0.2) is 61.4 Å². The van der Waals surface area contributed by atoms with Crippen LogP contribution in [0.25, 0.3) is 0 Å². The number of benzene rings is 1. The van der Waals surface area contributed by atoms with Crippen LogP contribution < -0.4 is 24.8 Å². The van der Waals surface area contributed by atoms with Crippen LogP contribution in [0.15, 0.2) is 17.0 Å². The van der Waals surface area contributed by atoms with Crippen molar-refractivity contribution in [1.82, 2.24) is 10.0 Å². The topological polar surface area (TPSA) is 115 Å². The molecule has 150 valence electrons. The Balaban J connectivity index is 1.84. The highest BCUT2D eigenvalue weighted by Gasteiger charge is 2.34. The summed E-state index contributed by atoms with van der Waals surface area (Å²) >= 11 is 0. The molecule has 0 unspecified atom stereocenters. The number of anilines is 1. The number of fused-ring (bicyclic) bond motifs is 1. The minimum atomic E-state index is -3.85. The number of rotatable bonds is 7. The average Bonchev–Trinajstić information content (AvgIpc) is 2.66. The van der Waals surface area contributed by atoms with Gasteiger partial charge in [0.2, 0.25) is 10.0 Å². The molecule has 2 aliphatic rings. The van der Waals surface area contributed by atoms with Gasteiger partial charge in [0.1, 0.15) is 16.4 Å². The van der Waals surface area contributed by atoms with Crippen LogP contribution in [0.3, 0.4) is 0 Å². The van der Waals surface area contributed by atoms with Gasteiger partial charge in [-0.1, -0.05) is 0 Å². The molecule has 0 spiro atoms. The molecular weight excluding hydrogens is 374 g/mol. The summed E-state index contributed by atoms with van der Waals surface area (Å²) in [5.41, 5.74) is 0.134. The first-order valence-electron chi connectivity index (χ1n) is 8.73. The first-order chi connectivity index (χ1) is 12.9. The number of piperidine rings is 1. The standard InChI is InChI=1S/C17H25N3O6S/c1-24-11-17(3-5-18-6-4-17)10-19-27(22,23)15-8-13-12(7-14(15)25-2)20-16(21)9-26-13/h7-8,18-19H,3-6,9-11H2,1-2H3,(H,20,21). The Labute approximate surface area is 158 Å². The Morgan fingerprint density at radius 1 is 1.26 bits per heavy atom. The van der Waals surface area contributed by atoms with Crippen LogP contribution in [-0.2, 0) is 19.6 Å². The summed E-state index contributed by atoms with van der Waals surface area (Å²) < 4.78 is 44.5. The number of sulfonamides is 1. The molecule has 1 aromatic carbocycles. The van der Waals surface area contributed by atoms with Crippen molar-refractivity contribution in [2.24, 2.45) is 5.41 Å². The largest absolute Gasteiger partial charge is 0.495 e. The summed E-state index contributed by atoms with van der Waals surface area (Å²) in [5.74, 6) is 0.132. The van der Waals surface area contributed by atoms with E-state index in [0.717, 1.165) is 25.9 Å². The second kappa shape index (κ2) is 8.01. The van der Waals surface area contributed by atoms with Gasteiger partial charge in [-0.25, -0.2) is 13.1 Å². The lowest BCUT2D eigenvalue weighted by molar-refractivity contribution is -0.118. The first-order valence-corrected chi connectivity index (χ1v) is 10.2. The van der Waals surface area contributed by atoms with Gasteiger partial charge in [0.15, 0.2) is 6.61 Å². The minimum absolute atomic E-state index is 0.0265. The van der Waals surface area contributed by atoms with Crippen molar-refractivity contribution in [3.05, 3.63) is 12.1 Å². The lowest BCUT2D eigenvalue weighted by Gasteiger charge is -2.37. The Kier molecular flexibility index (Phi) is 5.89. The van der Waals surface area contributed by atoms with E-state index in [0.29, 0.717) is 18.0 Å². The first kappa shape index (κ1) is 19.9. The number of nitrogens with one attached hydrogen (secondary N) is 3. The number of hydrogen-bond donors (Lipinski definition) is 3. The van der Waals surface area contributed by atoms with Crippen LogP contribution in [0, 0.1) is 5.41 Å². The molecule has 3 N–H and O–H groups in total. The zero-order valence-corrected chi connectivity index (χ0v) is 16.3. The Morgan fingerprint density at radius 2 is 2.00 bits per heavy atom. The Hall–Kier alpha value is -1.88. The third kappa shape index (κ3) is 4.34. The van der Waals surface area contributed by atoms with Gasteiger partial charge in [-0.05, 0) is 25.9 Å². The molecule has 10 heteroatoms. The minimum Gasteiger partial charge on any atom is -0.495 e. The molecule has 0 radical (unpaired) electrons. The van der Waals surface area contributed by atoms with Gasteiger partial charge in [0.25, 0.3) is 5.91 Å². The van der Waals surface area contributed by atoms with Crippen LogP contribution in [0.1, 0.15) is 12.8 Å². The molecule has 0 atom stereocenters. The van der Waals surface area contributed by atoms with Crippen LogP contribution in [0.2, 0.25) is 0 Å². The van der Waals surface area contributed by atoms with Gasteiger partial charge in [0.05, 0.1) is 19.4 Å². The fourth-order valence-corrected chi connectivity index (χ4v) is 4.74. The maximum Gasteiger partial charge on any atom is 0.262 e. The lowest BCUT2D eigenvalue weighted by atomic mass is 9.80. The Bertz CT molecular complexity index is 800. The van der Waals surface area contributed by atoms with Crippen molar-refractivity contribution in [3.8, 4) is 11.5 Å². The van der Waals surface area contributed by atoms with Crippen molar-refractivity contribution < 1.29 is 27.4 Å². The smallest absolute Gasteiger partial charge is 0.262 e. The van der Waals surface area contributed by atoms with Crippen LogP contribution in [0.4, 0.5) is 5.69 Å². The van der Waals surface area contributed by atoms with E-state index in [1.54, 1.807) is 7.11 Å². The van der Waals surface area contributed by atoms with E-state index >= 15 is 0 Å². The van der Waals surface area contributed by atoms with E-state index < -0.39 is 10.0 Å². The summed E-state index contributed by atoms with van der Waals surface area (Å²) in [6.07, 6.45) is 1.64. The van der Waals surface area contributed by atoms with E-state index in [4.69, 9.17) is 14.2 Å². The number of methoxy groups -OCH3 is 2. The van der Waals surface area contributed by atoms with E-state index in [2.05, 4.69) is 15.4 Å². The molecule has 0 aliphatic carbocycles. The van der Waals surface area contributed by atoms with Crippen molar-refractivity contribution in [2.75, 3.05) is 52.4 Å². The zero-order chi connectivity index (χ0) is 19.5. The van der Waals surface area contributed by atoms with Gasteiger partial charge in [-0.15, -0.1) is 0 Å². The summed E-state index contributed by atoms with van der Waals surface area (Å²) in [6.45, 7) is 2.23. The molecule has 1 saturated heterocycles. The number of amides is 1. The lowest BCUT2D eigenvalue weighted by Crippen LogP contribution is -2.47. The van der Waals surface area contributed by atoms with Gasteiger partial charge in [-0.3, -0.25) is 4.79 Å². The van der Waals surface area contributed by atoms with Crippen molar-refractivity contribution in [2.45, 2.75) is 17.7 Å². The fourth-order valence-electron chi connectivity index (χ4n) is 3.42. The number of ether oxygens (including phenoxy) is 3. The van der Waals surface area contributed by atoms with E-state index in [-0.39, 0.29) is 35.1 Å². The molecule has 1 aromatic rings. The predicted molar refractivity (Wildman–Crippen MR) is 98.7 cm³/mol. The molecule has 0 aromatic heterocycles. The van der Waals surface area contributed by atoms with E-state index in [9.17, 15) is 13.2 Å². The van der Waals surface area contributed by atoms with E-state index in [1.807, 2.05) is 0 Å². The molecule has 2 heterocycles. The number of carbonyl (C=O) groups is 1. The van der Waals surface area contributed by atoms with Gasteiger partial charge in [-0.2, -0.15) is 0 Å². The van der Waals surface area contributed by atoms with Crippen molar-refractivity contribution in [1.29, 1.82) is 0 Å². The van der Waals surface area contributed by atoms with Crippen molar-refractivity contribution in [3.63, 3.8) is 0 Å². The maximum absolute atomic E-state index is 13.0. The molecule has 2 aliphatic heterocycles. The van der Waals surface area contributed by atoms with Crippen LogP contribution in [0.5, 0.6) is 11.5 Å². The summed E-state index contributed by atoms with van der Waals surface area (Å²) in [4.78, 5) is 11.4. The normalized spacial score (nSPS) is 19.0. The maximum atomic E-state index is 13.0.